The van der Waals surface area contributed by atoms with E-state index in [1.165, 1.54) is 0 Å². The highest BCUT2D eigenvalue weighted by atomic mass is 32.2. The number of pyridine rings is 1. The molecule has 0 unspecified atom stereocenters. The van der Waals surface area contributed by atoms with E-state index >= 15 is 0 Å². The van der Waals surface area contributed by atoms with Gasteiger partial charge in [-0.05, 0) is 36.8 Å². The number of carbonyl (C=O) groups is 2. The molecule has 1 aromatic carbocycles. The van der Waals surface area contributed by atoms with E-state index in [9.17, 15) is 9.59 Å². The highest BCUT2D eigenvalue weighted by Crippen LogP contribution is 2.36. The smallest absolute Gasteiger partial charge is 0.254 e. The highest BCUT2D eigenvalue weighted by molar-refractivity contribution is 8.01. The van der Waals surface area contributed by atoms with Gasteiger partial charge in [0.15, 0.2) is 5.13 Å². The summed E-state index contributed by atoms with van der Waals surface area (Å²) in [5.41, 5.74) is 1.77. The van der Waals surface area contributed by atoms with Crippen LogP contribution in [0.4, 0.5) is 10.9 Å². The number of nitrogens with zero attached hydrogens (tertiary/aromatic N) is 4. The molecule has 7 nitrogen and oxygen atoms in total. The SMILES string of the molecule is CC(=O)N1CCN(C(=O)c2ccc(C)c(Sc3cnc(Nc4ccccn4)s3)c2)CC1. The maximum atomic E-state index is 13.0. The maximum Gasteiger partial charge on any atom is 0.254 e. The fraction of sp³-hybridized carbons (Fsp3) is 0.273. The van der Waals surface area contributed by atoms with Crippen molar-refractivity contribution in [1.29, 1.82) is 0 Å². The molecule has 0 radical (unpaired) electrons. The molecule has 0 saturated carbocycles. The molecule has 1 fully saturated rings. The summed E-state index contributed by atoms with van der Waals surface area (Å²) in [7, 11) is 0. The van der Waals surface area contributed by atoms with Gasteiger partial charge in [-0.3, -0.25) is 9.59 Å². The Labute approximate surface area is 189 Å². The Morgan fingerprint density at radius 1 is 1.06 bits per heavy atom. The zero-order valence-corrected chi connectivity index (χ0v) is 19.0. The Kier molecular flexibility index (Phi) is 6.53. The van der Waals surface area contributed by atoms with E-state index in [0.29, 0.717) is 31.7 Å². The molecule has 1 aliphatic rings. The summed E-state index contributed by atoms with van der Waals surface area (Å²) in [6.07, 6.45) is 3.56. The molecule has 3 aromatic rings. The number of aryl methyl sites for hydroxylation is 1. The number of amides is 2. The summed E-state index contributed by atoms with van der Waals surface area (Å²) in [5, 5.41) is 3.98. The van der Waals surface area contributed by atoms with Crippen molar-refractivity contribution in [2.24, 2.45) is 0 Å². The molecule has 1 saturated heterocycles. The molecule has 160 valence electrons. The summed E-state index contributed by atoms with van der Waals surface area (Å²) < 4.78 is 1.03. The molecule has 0 atom stereocenters. The van der Waals surface area contributed by atoms with Gasteiger partial charge >= 0.3 is 0 Å². The van der Waals surface area contributed by atoms with Crippen LogP contribution in [0.25, 0.3) is 0 Å². The largest absolute Gasteiger partial charge is 0.339 e. The van der Waals surface area contributed by atoms with Gasteiger partial charge in [0.1, 0.15) is 5.82 Å². The average Bonchev–Trinajstić information content (AvgIpc) is 3.22. The van der Waals surface area contributed by atoms with Crippen LogP contribution in [0.1, 0.15) is 22.8 Å². The Hall–Kier alpha value is -2.91. The number of thiazole rings is 1. The van der Waals surface area contributed by atoms with Gasteiger partial charge in [0.25, 0.3) is 5.91 Å². The van der Waals surface area contributed by atoms with Gasteiger partial charge < -0.3 is 15.1 Å². The molecule has 0 aliphatic carbocycles. The van der Waals surface area contributed by atoms with E-state index in [1.807, 2.05) is 54.4 Å². The van der Waals surface area contributed by atoms with Crippen LogP contribution in [0.3, 0.4) is 0 Å². The number of nitrogens with one attached hydrogen (secondary N) is 1. The lowest BCUT2D eigenvalue weighted by Crippen LogP contribution is -2.50. The van der Waals surface area contributed by atoms with Gasteiger partial charge in [0.2, 0.25) is 5.91 Å². The third kappa shape index (κ3) is 5.23. The lowest BCUT2D eigenvalue weighted by Gasteiger charge is -2.34. The number of aromatic nitrogens is 2. The number of piperazine rings is 1. The number of hydrogen-bond donors (Lipinski definition) is 1. The van der Waals surface area contributed by atoms with Crippen LogP contribution in [-0.4, -0.2) is 57.8 Å². The van der Waals surface area contributed by atoms with Crippen LogP contribution in [0, 0.1) is 6.92 Å². The Morgan fingerprint density at radius 2 is 1.84 bits per heavy atom. The van der Waals surface area contributed by atoms with Crippen molar-refractivity contribution in [1.82, 2.24) is 19.8 Å². The van der Waals surface area contributed by atoms with Crippen LogP contribution in [0.15, 0.2) is 57.9 Å². The predicted molar refractivity (Wildman–Crippen MR) is 123 cm³/mol. The van der Waals surface area contributed by atoms with Crippen molar-refractivity contribution in [3.8, 4) is 0 Å². The van der Waals surface area contributed by atoms with Gasteiger partial charge in [-0.15, -0.1) is 0 Å². The van der Waals surface area contributed by atoms with Gasteiger partial charge in [-0.25, -0.2) is 9.97 Å². The van der Waals surface area contributed by atoms with E-state index in [2.05, 4.69) is 15.3 Å². The zero-order chi connectivity index (χ0) is 21.8. The van der Waals surface area contributed by atoms with Gasteiger partial charge in [-0.1, -0.05) is 35.2 Å². The van der Waals surface area contributed by atoms with Gasteiger partial charge in [0.05, 0.1) is 10.4 Å². The van der Waals surface area contributed by atoms with Crippen LogP contribution in [-0.2, 0) is 4.79 Å². The third-order valence-electron chi connectivity index (χ3n) is 5.04. The van der Waals surface area contributed by atoms with Gasteiger partial charge in [-0.2, -0.15) is 0 Å². The molecular formula is C22H23N5O2S2. The zero-order valence-electron chi connectivity index (χ0n) is 17.4. The Bertz CT molecular complexity index is 1080. The van der Waals surface area contributed by atoms with Crippen molar-refractivity contribution < 1.29 is 9.59 Å². The number of carbonyl (C=O) groups excluding carboxylic acids is 2. The molecule has 0 spiro atoms. The normalized spacial score (nSPS) is 13.9. The maximum absolute atomic E-state index is 13.0. The first kappa shape index (κ1) is 21.3. The van der Waals surface area contributed by atoms with Crippen molar-refractivity contribution in [2.45, 2.75) is 23.0 Å². The van der Waals surface area contributed by atoms with Crippen molar-refractivity contribution >= 4 is 45.9 Å². The standard InChI is InChI=1S/C22H23N5O2S2/c1-15-6-7-17(21(29)27-11-9-26(10-12-27)16(2)28)13-18(15)30-20-14-24-22(31-20)25-19-5-3-4-8-23-19/h3-8,13-14H,9-12H2,1-2H3,(H,23,24,25). The number of hydrogen-bond acceptors (Lipinski definition) is 7. The Balaban J connectivity index is 1.44. The van der Waals surface area contributed by atoms with E-state index < -0.39 is 0 Å². The molecule has 1 aliphatic heterocycles. The lowest BCUT2D eigenvalue weighted by atomic mass is 10.1. The second-order valence-corrected chi connectivity index (χ2v) is 9.58. The first-order valence-corrected chi connectivity index (χ1v) is 11.6. The molecular weight excluding hydrogens is 430 g/mol. The monoisotopic (exact) mass is 453 g/mol. The van der Waals surface area contributed by atoms with E-state index in [1.54, 1.807) is 41.1 Å². The fourth-order valence-electron chi connectivity index (χ4n) is 3.27. The quantitative estimate of drug-likeness (QED) is 0.628. The first-order chi connectivity index (χ1) is 15.0. The summed E-state index contributed by atoms with van der Waals surface area (Å²) in [6, 6.07) is 11.5. The van der Waals surface area contributed by atoms with Gasteiger partial charge in [0, 0.05) is 49.8 Å². The van der Waals surface area contributed by atoms with E-state index in [0.717, 1.165) is 25.6 Å². The summed E-state index contributed by atoms with van der Waals surface area (Å²) in [4.78, 5) is 37.8. The minimum atomic E-state index is 0.00636. The van der Waals surface area contributed by atoms with Crippen molar-refractivity contribution in [3.05, 3.63) is 59.9 Å². The molecule has 31 heavy (non-hydrogen) atoms. The highest BCUT2D eigenvalue weighted by Gasteiger charge is 2.23. The topological polar surface area (TPSA) is 78.4 Å². The number of anilines is 2. The van der Waals surface area contributed by atoms with Crippen LogP contribution in [0.2, 0.25) is 0 Å². The van der Waals surface area contributed by atoms with Crippen LogP contribution >= 0.6 is 23.1 Å². The molecule has 2 aromatic heterocycles. The minimum Gasteiger partial charge on any atom is -0.339 e. The summed E-state index contributed by atoms with van der Waals surface area (Å²) in [6.45, 7) is 5.90. The first-order valence-electron chi connectivity index (χ1n) is 9.97. The molecule has 4 rings (SSSR count). The van der Waals surface area contributed by atoms with E-state index in [-0.39, 0.29) is 11.8 Å². The van der Waals surface area contributed by atoms with E-state index in [4.69, 9.17) is 0 Å². The molecule has 0 bridgehead atoms. The third-order valence-corrected chi connectivity index (χ3v) is 7.22. The Morgan fingerprint density at radius 3 is 2.55 bits per heavy atom. The number of benzene rings is 1. The molecule has 3 heterocycles. The summed E-state index contributed by atoms with van der Waals surface area (Å²) >= 11 is 3.14. The second-order valence-electron chi connectivity index (χ2n) is 7.21. The van der Waals surface area contributed by atoms with Crippen molar-refractivity contribution in [2.75, 3.05) is 31.5 Å². The minimum absolute atomic E-state index is 0.00636. The summed E-state index contributed by atoms with van der Waals surface area (Å²) in [5.74, 6) is 0.816. The fourth-order valence-corrected chi connectivity index (χ4v) is 5.24. The van der Waals surface area contributed by atoms with Crippen molar-refractivity contribution in [3.63, 3.8) is 0 Å². The molecule has 1 N–H and O–H groups in total. The number of rotatable bonds is 5. The van der Waals surface area contributed by atoms with Crippen LogP contribution in [0.5, 0.6) is 0 Å². The second kappa shape index (κ2) is 9.49. The average molecular weight is 454 g/mol. The van der Waals surface area contributed by atoms with Crippen LogP contribution < -0.4 is 5.32 Å². The molecule has 2 amide bonds. The predicted octanol–water partition coefficient (Wildman–Crippen LogP) is 4.05. The molecule has 9 heteroatoms. The lowest BCUT2D eigenvalue weighted by molar-refractivity contribution is -0.130.